The Morgan fingerprint density at radius 1 is 0.485 bits per heavy atom. The van der Waals surface area contributed by atoms with Crippen molar-refractivity contribution in [2.45, 2.75) is 40.0 Å². The number of benzene rings is 3. The summed E-state index contributed by atoms with van der Waals surface area (Å²) < 4.78 is 0. The van der Waals surface area contributed by atoms with E-state index in [4.69, 9.17) is 0 Å². The summed E-state index contributed by atoms with van der Waals surface area (Å²) >= 11 is 0. The average Bonchev–Trinajstić information content (AvgIpc) is 2.83. The summed E-state index contributed by atoms with van der Waals surface area (Å²) in [6.45, 7) is 6.04. The van der Waals surface area contributed by atoms with E-state index < -0.39 is 0 Å². The van der Waals surface area contributed by atoms with Crippen LogP contribution < -0.4 is 0 Å². The first-order chi connectivity index (χ1) is 15.9. The van der Waals surface area contributed by atoms with E-state index in [0.29, 0.717) is 16.7 Å². The molecule has 0 aliphatic heterocycles. The molecule has 0 unspecified atom stereocenters. The van der Waals surface area contributed by atoms with E-state index >= 15 is 0 Å². The topological polar surface area (TPSA) is 99.4 Å². The minimum Gasteiger partial charge on any atom is -0.507 e. The Labute approximate surface area is 193 Å². The largest absolute Gasteiger partial charge is 0.507 e. The van der Waals surface area contributed by atoms with Crippen LogP contribution in [0.5, 0.6) is 17.2 Å². The quantitative estimate of drug-likeness (QED) is 0.356. The molecule has 0 saturated carbocycles. The highest BCUT2D eigenvalue weighted by Gasteiger charge is 2.18. The van der Waals surface area contributed by atoms with E-state index in [9.17, 15) is 15.3 Å². The molecule has 0 aliphatic rings. The van der Waals surface area contributed by atoms with Crippen LogP contribution in [0.25, 0.3) is 34.2 Å². The molecular weight excluding hydrogens is 414 g/mol. The zero-order valence-electron chi connectivity index (χ0n) is 19.0. The van der Waals surface area contributed by atoms with Gasteiger partial charge in [0.15, 0.2) is 17.5 Å². The van der Waals surface area contributed by atoms with Gasteiger partial charge >= 0.3 is 0 Å². The van der Waals surface area contributed by atoms with Crippen molar-refractivity contribution in [3.05, 3.63) is 71.3 Å². The third kappa shape index (κ3) is 4.51. The summed E-state index contributed by atoms with van der Waals surface area (Å²) in [6, 6.07) is 16.2. The second-order valence-electron chi connectivity index (χ2n) is 7.92. The molecule has 0 spiro atoms. The lowest BCUT2D eigenvalue weighted by Gasteiger charge is -2.12. The summed E-state index contributed by atoms with van der Waals surface area (Å²) in [5.41, 5.74) is 4.33. The van der Waals surface area contributed by atoms with Crippen LogP contribution in [0.1, 0.15) is 37.5 Å². The van der Waals surface area contributed by atoms with Gasteiger partial charge < -0.3 is 15.3 Å². The number of aromatic nitrogens is 3. The van der Waals surface area contributed by atoms with Crippen LogP contribution in [0.4, 0.5) is 0 Å². The van der Waals surface area contributed by atoms with Gasteiger partial charge in [-0.2, -0.15) is 0 Å². The van der Waals surface area contributed by atoms with Crippen LogP contribution >= 0.6 is 0 Å². The lowest BCUT2D eigenvalue weighted by atomic mass is 10.1. The van der Waals surface area contributed by atoms with E-state index in [1.807, 2.05) is 39.0 Å². The molecule has 3 aromatic carbocycles. The average molecular weight is 442 g/mol. The number of phenolic OH excluding ortho intramolecular Hbond substituents is 3. The second-order valence-corrected chi connectivity index (χ2v) is 7.92. The predicted molar refractivity (Wildman–Crippen MR) is 129 cm³/mol. The van der Waals surface area contributed by atoms with Crippen molar-refractivity contribution in [3.63, 3.8) is 0 Å². The van der Waals surface area contributed by atoms with E-state index in [-0.39, 0.29) is 34.7 Å². The second kappa shape index (κ2) is 9.28. The number of phenols is 3. The van der Waals surface area contributed by atoms with Gasteiger partial charge in [-0.1, -0.05) is 39.0 Å². The number of aromatic hydroxyl groups is 3. The van der Waals surface area contributed by atoms with Gasteiger partial charge in [-0.3, -0.25) is 0 Å². The Bertz CT molecular complexity index is 1150. The summed E-state index contributed by atoms with van der Waals surface area (Å²) in [4.78, 5) is 13.7. The molecule has 0 aliphatic carbocycles. The first-order valence-electron chi connectivity index (χ1n) is 11.2. The Kier molecular flexibility index (Phi) is 6.27. The van der Waals surface area contributed by atoms with Crippen LogP contribution in [0.15, 0.2) is 54.6 Å². The zero-order valence-corrected chi connectivity index (χ0v) is 19.0. The molecule has 6 heteroatoms. The lowest BCUT2D eigenvalue weighted by Crippen LogP contribution is -2.01. The standard InChI is InChI=1S/C27H27N3O3/c1-4-16-7-10-19(22(31)13-16)25-28-26(20-11-8-17(5-2)14-23(20)32)30-27(29-25)21-12-9-18(6-3)15-24(21)33/h7-15,31-33H,4-6H2,1-3H3. The minimum absolute atomic E-state index is 0.0635. The number of hydrogen-bond donors (Lipinski definition) is 3. The molecule has 6 nitrogen and oxygen atoms in total. The normalized spacial score (nSPS) is 11.0. The molecular formula is C27H27N3O3. The summed E-state index contributed by atoms with van der Waals surface area (Å²) in [5, 5.41) is 31.9. The van der Waals surface area contributed by atoms with E-state index in [0.717, 1.165) is 36.0 Å². The van der Waals surface area contributed by atoms with Crippen molar-refractivity contribution in [2.75, 3.05) is 0 Å². The van der Waals surface area contributed by atoms with Crippen molar-refractivity contribution >= 4 is 0 Å². The van der Waals surface area contributed by atoms with Gasteiger partial charge in [-0.05, 0) is 72.4 Å². The van der Waals surface area contributed by atoms with Gasteiger partial charge in [-0.15, -0.1) is 0 Å². The third-order valence-corrected chi connectivity index (χ3v) is 5.77. The van der Waals surface area contributed by atoms with Crippen molar-refractivity contribution in [3.8, 4) is 51.4 Å². The fourth-order valence-electron chi connectivity index (χ4n) is 3.70. The van der Waals surface area contributed by atoms with E-state index in [2.05, 4.69) is 15.0 Å². The van der Waals surface area contributed by atoms with Crippen LogP contribution in [0, 0.1) is 0 Å². The molecule has 33 heavy (non-hydrogen) atoms. The highest BCUT2D eigenvalue weighted by molar-refractivity contribution is 5.74. The maximum atomic E-state index is 10.6. The fraction of sp³-hybridized carbons (Fsp3) is 0.222. The van der Waals surface area contributed by atoms with Gasteiger partial charge in [0.2, 0.25) is 0 Å². The molecule has 0 saturated heterocycles. The Morgan fingerprint density at radius 3 is 0.970 bits per heavy atom. The molecule has 168 valence electrons. The molecule has 1 aromatic heterocycles. The van der Waals surface area contributed by atoms with Crippen LogP contribution in [0.3, 0.4) is 0 Å². The zero-order chi connectivity index (χ0) is 23.5. The van der Waals surface area contributed by atoms with Gasteiger partial charge in [0, 0.05) is 0 Å². The number of aryl methyl sites for hydroxylation is 3. The number of nitrogens with zero attached hydrogens (tertiary/aromatic N) is 3. The van der Waals surface area contributed by atoms with Gasteiger partial charge in [0.25, 0.3) is 0 Å². The Morgan fingerprint density at radius 2 is 0.758 bits per heavy atom. The van der Waals surface area contributed by atoms with Crippen molar-refractivity contribution in [2.24, 2.45) is 0 Å². The fourth-order valence-corrected chi connectivity index (χ4v) is 3.70. The summed E-state index contributed by atoms with van der Waals surface area (Å²) in [6.07, 6.45) is 2.37. The predicted octanol–water partition coefficient (Wildman–Crippen LogP) is 5.68. The molecule has 4 rings (SSSR count). The SMILES string of the molecule is CCc1ccc(-c2nc(-c3ccc(CC)cc3O)nc(-c3ccc(CC)cc3O)n2)c(O)c1. The lowest BCUT2D eigenvalue weighted by molar-refractivity contribution is 0.476. The maximum absolute atomic E-state index is 10.6. The maximum Gasteiger partial charge on any atom is 0.167 e. The Balaban J connectivity index is 1.94. The molecule has 0 amide bonds. The molecule has 1 heterocycles. The first kappa shape index (κ1) is 22.3. The molecule has 0 atom stereocenters. The van der Waals surface area contributed by atoms with E-state index in [1.165, 1.54) is 0 Å². The first-order valence-corrected chi connectivity index (χ1v) is 11.2. The molecule has 0 radical (unpaired) electrons. The summed E-state index contributed by atoms with van der Waals surface area (Å²) in [7, 11) is 0. The number of hydrogen-bond acceptors (Lipinski definition) is 6. The van der Waals surface area contributed by atoms with E-state index in [1.54, 1.807) is 36.4 Å². The molecule has 3 N–H and O–H groups in total. The summed E-state index contributed by atoms with van der Waals surface area (Å²) in [5.74, 6) is 0.963. The third-order valence-electron chi connectivity index (χ3n) is 5.77. The highest BCUT2D eigenvalue weighted by atomic mass is 16.3. The molecule has 0 bridgehead atoms. The van der Waals surface area contributed by atoms with Crippen molar-refractivity contribution < 1.29 is 15.3 Å². The minimum atomic E-state index is 0.0635. The monoisotopic (exact) mass is 441 g/mol. The Hall–Kier alpha value is -3.93. The smallest absolute Gasteiger partial charge is 0.167 e. The van der Waals surface area contributed by atoms with Crippen LogP contribution in [-0.4, -0.2) is 30.3 Å². The van der Waals surface area contributed by atoms with Crippen LogP contribution in [0.2, 0.25) is 0 Å². The van der Waals surface area contributed by atoms with Gasteiger partial charge in [0.1, 0.15) is 17.2 Å². The highest BCUT2D eigenvalue weighted by Crippen LogP contribution is 2.35. The van der Waals surface area contributed by atoms with Gasteiger partial charge in [0.05, 0.1) is 16.7 Å². The number of rotatable bonds is 6. The van der Waals surface area contributed by atoms with Gasteiger partial charge in [-0.25, -0.2) is 15.0 Å². The molecule has 4 aromatic rings. The van der Waals surface area contributed by atoms with Crippen LogP contribution in [-0.2, 0) is 19.3 Å². The van der Waals surface area contributed by atoms with Crippen molar-refractivity contribution in [1.82, 2.24) is 15.0 Å². The molecule has 0 fully saturated rings. The van der Waals surface area contributed by atoms with Crippen molar-refractivity contribution in [1.29, 1.82) is 0 Å².